The number of anilines is 2. The van der Waals surface area contributed by atoms with E-state index in [0.29, 0.717) is 0 Å². The van der Waals surface area contributed by atoms with Crippen LogP contribution in [0.15, 0.2) is 42.5 Å². The zero-order valence-electron chi connectivity index (χ0n) is 20.2. The fraction of sp³-hybridized carbons (Fsp3) is 0.556. The molecule has 0 radical (unpaired) electrons. The van der Waals surface area contributed by atoms with Crippen LogP contribution in [0, 0.1) is 6.92 Å². The molecule has 0 N–H and O–H groups in total. The Balaban J connectivity index is 1.68. The number of aryl methyl sites for hydroxylation is 1. The van der Waals surface area contributed by atoms with Gasteiger partial charge in [0, 0.05) is 16.8 Å². The van der Waals surface area contributed by atoms with Crippen molar-refractivity contribution in [2.45, 2.75) is 96.3 Å². The predicted molar refractivity (Wildman–Crippen MR) is 130 cm³/mol. The lowest BCUT2D eigenvalue weighted by atomic mass is 9.60. The Morgan fingerprint density at radius 2 is 1.45 bits per heavy atom. The zero-order chi connectivity index (χ0) is 22.2. The minimum atomic E-state index is -0.331. The first-order valence-corrected chi connectivity index (χ1v) is 11.9. The summed E-state index contributed by atoms with van der Waals surface area (Å²) < 4.78 is 12.9. The number of benzene rings is 2. The summed E-state index contributed by atoms with van der Waals surface area (Å²) in [5.74, 6) is 0. The van der Waals surface area contributed by atoms with Crippen molar-refractivity contribution in [1.82, 2.24) is 0 Å². The fourth-order valence-corrected chi connectivity index (χ4v) is 6.10. The summed E-state index contributed by atoms with van der Waals surface area (Å²) in [4.78, 5) is 2.63. The van der Waals surface area contributed by atoms with E-state index < -0.39 is 0 Å². The number of hydrogen-bond acceptors (Lipinski definition) is 3. The first-order valence-electron chi connectivity index (χ1n) is 11.9. The van der Waals surface area contributed by atoms with Gasteiger partial charge in [-0.3, -0.25) is 0 Å². The largest absolute Gasteiger partial charge is 0.495 e. The molecule has 2 fully saturated rings. The van der Waals surface area contributed by atoms with Gasteiger partial charge in [0.25, 0.3) is 0 Å². The highest BCUT2D eigenvalue weighted by Gasteiger charge is 2.58. The van der Waals surface area contributed by atoms with E-state index in [1.807, 2.05) is 0 Å². The molecule has 2 heterocycles. The van der Waals surface area contributed by atoms with Gasteiger partial charge in [-0.05, 0) is 89.2 Å². The summed E-state index contributed by atoms with van der Waals surface area (Å²) in [6, 6.07) is 15.7. The van der Waals surface area contributed by atoms with E-state index in [9.17, 15) is 0 Å². The molecule has 4 heteroatoms. The normalized spacial score (nSPS) is 30.9. The summed E-state index contributed by atoms with van der Waals surface area (Å²) in [5, 5.41) is 0. The molecule has 2 aromatic carbocycles. The quantitative estimate of drug-likeness (QED) is 0.557. The maximum Gasteiger partial charge on any atom is 0.495 e. The van der Waals surface area contributed by atoms with Crippen LogP contribution in [0.2, 0.25) is 0 Å². The van der Waals surface area contributed by atoms with Gasteiger partial charge in [0.1, 0.15) is 0 Å². The molecule has 3 aliphatic rings. The molecule has 0 amide bonds. The smallest absolute Gasteiger partial charge is 0.399 e. The monoisotopic (exact) mass is 417 g/mol. The molecule has 5 rings (SSSR count). The molecule has 1 saturated carbocycles. The Kier molecular flexibility index (Phi) is 4.50. The lowest BCUT2D eigenvalue weighted by Gasteiger charge is -2.50. The van der Waals surface area contributed by atoms with Gasteiger partial charge in [-0.25, -0.2) is 0 Å². The van der Waals surface area contributed by atoms with Crippen LogP contribution in [0.4, 0.5) is 11.4 Å². The predicted octanol–water partition coefficient (Wildman–Crippen LogP) is 6.04. The molecule has 2 atom stereocenters. The van der Waals surface area contributed by atoms with Gasteiger partial charge < -0.3 is 14.2 Å². The summed E-state index contributed by atoms with van der Waals surface area (Å²) in [6.07, 6.45) is 4.99. The molecule has 2 aromatic rings. The van der Waals surface area contributed by atoms with E-state index in [1.165, 1.54) is 53.6 Å². The molecular weight excluding hydrogens is 381 g/mol. The van der Waals surface area contributed by atoms with Gasteiger partial charge in [0.05, 0.1) is 16.7 Å². The summed E-state index contributed by atoms with van der Waals surface area (Å²) in [5.41, 5.74) is 6.03. The maximum atomic E-state index is 6.46. The summed E-state index contributed by atoms with van der Waals surface area (Å²) >= 11 is 0. The molecule has 0 aromatic heterocycles. The second kappa shape index (κ2) is 6.62. The SMILES string of the molecule is Cc1cc2c(cc1B1OC(C)(C)C(C)(C)O1)C1(C)CCCCC1(C)N2c1ccccc1. The first kappa shape index (κ1) is 21.1. The van der Waals surface area contributed by atoms with E-state index in [2.05, 4.69) is 95.8 Å². The molecule has 2 unspecified atom stereocenters. The molecule has 31 heavy (non-hydrogen) atoms. The highest BCUT2D eigenvalue weighted by atomic mass is 16.7. The van der Waals surface area contributed by atoms with E-state index in [4.69, 9.17) is 9.31 Å². The number of fused-ring (bicyclic) bond motifs is 3. The Labute approximate surface area is 188 Å². The highest BCUT2D eigenvalue weighted by molar-refractivity contribution is 6.62. The van der Waals surface area contributed by atoms with Crippen molar-refractivity contribution in [3.05, 3.63) is 53.6 Å². The van der Waals surface area contributed by atoms with Crippen molar-refractivity contribution in [2.24, 2.45) is 0 Å². The molecule has 0 bridgehead atoms. The van der Waals surface area contributed by atoms with Crippen LogP contribution in [0.5, 0.6) is 0 Å². The minimum absolute atomic E-state index is 0.0654. The van der Waals surface area contributed by atoms with Gasteiger partial charge in [0.2, 0.25) is 0 Å². The van der Waals surface area contributed by atoms with Crippen LogP contribution in [0.3, 0.4) is 0 Å². The van der Waals surface area contributed by atoms with Crippen LogP contribution < -0.4 is 10.4 Å². The van der Waals surface area contributed by atoms with Crippen LogP contribution in [-0.4, -0.2) is 23.9 Å². The Bertz CT molecular complexity index is 1000. The molecule has 1 saturated heterocycles. The third kappa shape index (κ3) is 2.80. The van der Waals surface area contributed by atoms with Crippen LogP contribution >= 0.6 is 0 Å². The first-order chi connectivity index (χ1) is 14.5. The lowest BCUT2D eigenvalue weighted by Crippen LogP contribution is -2.54. The van der Waals surface area contributed by atoms with E-state index in [-0.39, 0.29) is 29.3 Å². The van der Waals surface area contributed by atoms with Crippen molar-refractivity contribution in [1.29, 1.82) is 0 Å². The standard InChI is InChI=1S/C27H36BNO2/c1-19-17-23-21(18-22(19)28-30-24(2,3)25(4,5)31-28)26(6)15-11-12-16-27(26,7)29(23)20-13-9-8-10-14-20/h8-10,13-14,17-18H,11-12,15-16H2,1-7H3. The van der Waals surface area contributed by atoms with Gasteiger partial charge >= 0.3 is 7.12 Å². The van der Waals surface area contributed by atoms with Crippen molar-refractivity contribution >= 4 is 24.0 Å². The average Bonchev–Trinajstić information content (AvgIpc) is 3.04. The lowest BCUT2D eigenvalue weighted by molar-refractivity contribution is 0.00578. The zero-order valence-corrected chi connectivity index (χ0v) is 20.2. The molecule has 2 aliphatic heterocycles. The van der Waals surface area contributed by atoms with Gasteiger partial charge in [0.15, 0.2) is 0 Å². The number of para-hydroxylation sites is 1. The number of hydrogen-bond donors (Lipinski definition) is 0. The molecule has 164 valence electrons. The van der Waals surface area contributed by atoms with Crippen molar-refractivity contribution in [3.63, 3.8) is 0 Å². The minimum Gasteiger partial charge on any atom is -0.399 e. The molecule has 1 aliphatic carbocycles. The van der Waals surface area contributed by atoms with Crippen LogP contribution in [-0.2, 0) is 14.7 Å². The third-order valence-electron chi connectivity index (χ3n) is 9.01. The number of nitrogens with zero attached hydrogens (tertiary/aromatic N) is 1. The fourth-order valence-electron chi connectivity index (χ4n) is 6.10. The van der Waals surface area contributed by atoms with E-state index >= 15 is 0 Å². The summed E-state index contributed by atoms with van der Waals surface area (Å²) in [6.45, 7) is 15.7. The van der Waals surface area contributed by atoms with Crippen molar-refractivity contribution in [2.75, 3.05) is 4.90 Å². The Morgan fingerprint density at radius 3 is 2.10 bits per heavy atom. The van der Waals surface area contributed by atoms with Crippen LogP contribution in [0.25, 0.3) is 0 Å². The van der Waals surface area contributed by atoms with Crippen molar-refractivity contribution in [3.8, 4) is 0 Å². The third-order valence-corrected chi connectivity index (χ3v) is 9.01. The van der Waals surface area contributed by atoms with Gasteiger partial charge in [-0.1, -0.05) is 44.0 Å². The van der Waals surface area contributed by atoms with Gasteiger partial charge in [-0.2, -0.15) is 0 Å². The van der Waals surface area contributed by atoms with Gasteiger partial charge in [-0.15, -0.1) is 0 Å². The second-order valence-electron chi connectivity index (χ2n) is 11.3. The Hall–Kier alpha value is -1.78. The molecular formula is C27H36BNO2. The highest BCUT2D eigenvalue weighted by Crippen LogP contribution is 2.60. The summed E-state index contributed by atoms with van der Waals surface area (Å²) in [7, 11) is -0.320. The van der Waals surface area contributed by atoms with E-state index in [1.54, 1.807) is 0 Å². The van der Waals surface area contributed by atoms with Crippen molar-refractivity contribution < 1.29 is 9.31 Å². The maximum absolute atomic E-state index is 6.46. The topological polar surface area (TPSA) is 21.7 Å². The Morgan fingerprint density at radius 1 is 0.839 bits per heavy atom. The van der Waals surface area contributed by atoms with E-state index in [0.717, 1.165) is 0 Å². The number of rotatable bonds is 2. The molecule has 0 spiro atoms. The average molecular weight is 417 g/mol. The molecule has 3 nitrogen and oxygen atoms in total. The van der Waals surface area contributed by atoms with Crippen LogP contribution in [0.1, 0.15) is 78.4 Å². The second-order valence-corrected chi connectivity index (χ2v) is 11.3.